The fourth-order valence-corrected chi connectivity index (χ4v) is 3.56. The Kier molecular flexibility index (Phi) is 5.46. The van der Waals surface area contributed by atoms with Crippen molar-refractivity contribution in [3.8, 4) is 0 Å². The van der Waals surface area contributed by atoms with E-state index in [0.717, 1.165) is 11.6 Å². The number of nitrogens with zero attached hydrogens (tertiary/aromatic N) is 2. The molecule has 6 nitrogen and oxygen atoms in total. The Labute approximate surface area is 178 Å². The van der Waals surface area contributed by atoms with Crippen molar-refractivity contribution >= 4 is 17.6 Å². The summed E-state index contributed by atoms with van der Waals surface area (Å²) in [6, 6.07) is 11.5. The molecule has 0 saturated carbocycles. The lowest BCUT2D eigenvalue weighted by molar-refractivity contribution is 0.0716. The van der Waals surface area contributed by atoms with E-state index in [9.17, 15) is 18.4 Å². The molecule has 0 radical (unpaired) electrons. The fourth-order valence-electron chi connectivity index (χ4n) is 3.56. The zero-order chi connectivity index (χ0) is 22.1. The van der Waals surface area contributed by atoms with Crippen LogP contribution in [0.2, 0.25) is 0 Å². The number of anilines is 1. The number of hydrogen-bond acceptors (Lipinski definition) is 3. The van der Waals surface area contributed by atoms with Crippen LogP contribution < -0.4 is 5.32 Å². The minimum Gasteiger partial charge on any atom is -0.464 e. The van der Waals surface area contributed by atoms with Gasteiger partial charge in [-0.2, -0.15) is 0 Å². The van der Waals surface area contributed by atoms with Crippen LogP contribution in [0.15, 0.2) is 52.9 Å². The van der Waals surface area contributed by atoms with Crippen molar-refractivity contribution in [3.05, 3.63) is 88.4 Å². The summed E-state index contributed by atoms with van der Waals surface area (Å²) in [6.07, 6.45) is 0. The maximum absolute atomic E-state index is 13.7. The van der Waals surface area contributed by atoms with Gasteiger partial charge in [-0.15, -0.1) is 0 Å². The third-order valence-corrected chi connectivity index (χ3v) is 5.08. The van der Waals surface area contributed by atoms with Crippen LogP contribution in [0.25, 0.3) is 0 Å². The highest BCUT2D eigenvalue weighted by atomic mass is 19.1. The molecule has 8 heteroatoms. The molecule has 0 saturated heterocycles. The van der Waals surface area contributed by atoms with Gasteiger partial charge in [-0.25, -0.2) is 13.6 Å². The summed E-state index contributed by atoms with van der Waals surface area (Å²) < 4.78 is 33.0. The van der Waals surface area contributed by atoms with Gasteiger partial charge < -0.3 is 19.5 Å². The average molecular weight is 425 g/mol. The van der Waals surface area contributed by atoms with Crippen LogP contribution in [0.3, 0.4) is 0 Å². The van der Waals surface area contributed by atoms with Crippen molar-refractivity contribution in [3.63, 3.8) is 0 Å². The molecule has 2 aromatic carbocycles. The van der Waals surface area contributed by atoms with E-state index in [2.05, 4.69) is 5.32 Å². The van der Waals surface area contributed by atoms with E-state index in [1.54, 1.807) is 44.3 Å². The first-order chi connectivity index (χ1) is 14.8. The second-order valence-corrected chi connectivity index (χ2v) is 7.61. The molecule has 1 aliphatic heterocycles. The molecule has 4 rings (SSSR count). The lowest BCUT2D eigenvalue weighted by Crippen LogP contribution is -2.36. The van der Waals surface area contributed by atoms with Crippen LogP contribution in [-0.4, -0.2) is 28.8 Å². The van der Waals surface area contributed by atoms with E-state index in [4.69, 9.17) is 4.42 Å². The Morgan fingerprint density at radius 3 is 2.52 bits per heavy atom. The summed E-state index contributed by atoms with van der Waals surface area (Å²) in [7, 11) is 1.68. The molecular weight excluding hydrogens is 404 g/mol. The highest BCUT2D eigenvalue weighted by Crippen LogP contribution is 2.25. The van der Waals surface area contributed by atoms with E-state index < -0.39 is 11.6 Å². The molecule has 0 spiro atoms. The summed E-state index contributed by atoms with van der Waals surface area (Å²) >= 11 is 0. The van der Waals surface area contributed by atoms with Crippen LogP contribution >= 0.6 is 0 Å². The van der Waals surface area contributed by atoms with Crippen LogP contribution in [0.4, 0.5) is 19.3 Å². The maximum Gasteiger partial charge on any atom is 0.321 e. The van der Waals surface area contributed by atoms with E-state index in [1.165, 1.54) is 21.9 Å². The van der Waals surface area contributed by atoms with Crippen LogP contribution in [0, 0.1) is 18.6 Å². The van der Waals surface area contributed by atoms with Crippen LogP contribution in [-0.2, 0) is 19.6 Å². The highest BCUT2D eigenvalue weighted by Gasteiger charge is 2.23. The standard InChI is InChI=1S/C23H21F2N3O3/c1-14-3-6-20(31-14)13-28(11-15-7-18(24)10-19(25)8-15)22(29)16-4-5-17-12-27(2)23(30)26-21(17)9-16/h3-10H,11-13H2,1-2H3,(H,26,30). The molecule has 1 N–H and O–H groups in total. The summed E-state index contributed by atoms with van der Waals surface area (Å²) in [5.74, 6) is -0.529. The molecule has 2 heterocycles. The largest absolute Gasteiger partial charge is 0.464 e. The van der Waals surface area contributed by atoms with Crippen molar-refractivity contribution in [2.24, 2.45) is 0 Å². The zero-order valence-electron chi connectivity index (χ0n) is 17.1. The van der Waals surface area contributed by atoms with Crippen LogP contribution in [0.5, 0.6) is 0 Å². The van der Waals surface area contributed by atoms with Crippen molar-refractivity contribution < 1.29 is 22.8 Å². The zero-order valence-corrected chi connectivity index (χ0v) is 17.1. The number of halogens is 2. The number of carbonyl (C=O) groups excluding carboxylic acids is 2. The number of furan rings is 1. The lowest BCUT2D eigenvalue weighted by atomic mass is 10.1. The van der Waals surface area contributed by atoms with E-state index in [1.807, 2.05) is 0 Å². The van der Waals surface area contributed by atoms with Crippen molar-refractivity contribution in [1.82, 2.24) is 9.80 Å². The van der Waals surface area contributed by atoms with Crippen molar-refractivity contribution in [1.29, 1.82) is 0 Å². The van der Waals surface area contributed by atoms with Gasteiger partial charge in [0.05, 0.1) is 6.54 Å². The topological polar surface area (TPSA) is 65.8 Å². The van der Waals surface area contributed by atoms with Gasteiger partial charge in [-0.1, -0.05) is 6.07 Å². The Morgan fingerprint density at radius 1 is 1.10 bits per heavy atom. The molecule has 3 amide bonds. The van der Waals surface area contributed by atoms with Crippen molar-refractivity contribution in [2.45, 2.75) is 26.6 Å². The number of aryl methyl sites for hydroxylation is 1. The van der Waals surface area contributed by atoms with Gasteiger partial charge in [0.2, 0.25) is 0 Å². The number of benzene rings is 2. The predicted molar refractivity (Wildman–Crippen MR) is 110 cm³/mol. The Bertz CT molecular complexity index is 1140. The van der Waals surface area contributed by atoms with Gasteiger partial charge in [0.1, 0.15) is 23.2 Å². The fraction of sp³-hybridized carbons (Fsp3) is 0.217. The molecule has 31 heavy (non-hydrogen) atoms. The number of urea groups is 1. The second kappa shape index (κ2) is 8.22. The quantitative estimate of drug-likeness (QED) is 0.645. The minimum atomic E-state index is -0.711. The number of carbonyl (C=O) groups is 2. The first-order valence-corrected chi connectivity index (χ1v) is 9.73. The third kappa shape index (κ3) is 4.58. The molecule has 1 aromatic heterocycles. The summed E-state index contributed by atoms with van der Waals surface area (Å²) in [6.45, 7) is 2.34. The molecule has 160 valence electrons. The first kappa shape index (κ1) is 20.6. The third-order valence-electron chi connectivity index (χ3n) is 5.08. The number of amides is 3. The summed E-state index contributed by atoms with van der Waals surface area (Å²) in [4.78, 5) is 28.3. The summed E-state index contributed by atoms with van der Waals surface area (Å²) in [5.41, 5.74) is 2.13. The van der Waals surface area contributed by atoms with Crippen LogP contribution in [0.1, 0.15) is 33.0 Å². The van der Waals surface area contributed by atoms with Gasteiger partial charge in [-0.3, -0.25) is 4.79 Å². The second-order valence-electron chi connectivity index (χ2n) is 7.61. The number of hydrogen-bond donors (Lipinski definition) is 1. The molecule has 0 aliphatic carbocycles. The first-order valence-electron chi connectivity index (χ1n) is 9.73. The molecule has 0 atom stereocenters. The molecule has 0 fully saturated rings. The smallest absolute Gasteiger partial charge is 0.321 e. The van der Waals surface area contributed by atoms with Crippen molar-refractivity contribution in [2.75, 3.05) is 12.4 Å². The average Bonchev–Trinajstić information content (AvgIpc) is 3.11. The molecular formula is C23H21F2N3O3. The van der Waals surface area contributed by atoms with E-state index >= 15 is 0 Å². The monoisotopic (exact) mass is 425 g/mol. The Morgan fingerprint density at radius 2 is 1.84 bits per heavy atom. The number of rotatable bonds is 5. The van der Waals surface area contributed by atoms with Gasteiger partial charge in [-0.05, 0) is 54.4 Å². The van der Waals surface area contributed by atoms with Gasteiger partial charge in [0, 0.05) is 37.5 Å². The van der Waals surface area contributed by atoms with E-state index in [-0.39, 0.29) is 25.0 Å². The number of nitrogens with one attached hydrogen (secondary N) is 1. The highest BCUT2D eigenvalue weighted by molar-refractivity contribution is 5.98. The molecule has 1 aliphatic rings. The van der Waals surface area contributed by atoms with E-state index in [0.29, 0.717) is 34.9 Å². The lowest BCUT2D eigenvalue weighted by Gasteiger charge is -2.27. The Hall–Kier alpha value is -3.68. The summed E-state index contributed by atoms with van der Waals surface area (Å²) in [5, 5.41) is 2.76. The van der Waals surface area contributed by atoms with Gasteiger partial charge in [0.25, 0.3) is 5.91 Å². The number of fused-ring (bicyclic) bond motifs is 1. The Balaban J connectivity index is 1.64. The van der Waals surface area contributed by atoms with Gasteiger partial charge in [0.15, 0.2) is 0 Å². The maximum atomic E-state index is 13.7. The molecule has 3 aromatic rings. The SMILES string of the molecule is Cc1ccc(CN(Cc2cc(F)cc(F)c2)C(=O)c2ccc3c(c2)NC(=O)N(C)C3)o1. The minimum absolute atomic E-state index is 0.0144. The van der Waals surface area contributed by atoms with Gasteiger partial charge >= 0.3 is 6.03 Å². The molecule has 0 unspecified atom stereocenters. The molecule has 0 bridgehead atoms. The predicted octanol–water partition coefficient (Wildman–Crippen LogP) is 4.69. The normalized spacial score (nSPS) is 13.0.